The quantitative estimate of drug-likeness (QED) is 0.470. The summed E-state index contributed by atoms with van der Waals surface area (Å²) in [5, 5.41) is 0.924. The topological polar surface area (TPSA) is 0 Å². The fourth-order valence-corrected chi connectivity index (χ4v) is 0.585. The van der Waals surface area contributed by atoms with Crippen LogP contribution in [0.3, 0.4) is 0 Å². The molecule has 0 aliphatic rings. The molecule has 0 atom stereocenters. The molecule has 0 amide bonds. The zero-order chi connectivity index (χ0) is 6.95. The fourth-order valence-electron chi connectivity index (χ4n) is 0.369. The lowest BCUT2D eigenvalue weighted by Gasteiger charge is -1.71. The highest BCUT2D eigenvalue weighted by Crippen LogP contribution is 1.83. The Labute approximate surface area is 65.1 Å². The Bertz CT molecular complexity index is 121. The van der Waals surface area contributed by atoms with Crippen molar-refractivity contribution in [2.24, 2.45) is 0 Å². The average Bonchev–Trinajstić information content (AvgIpc) is 1.89. The Morgan fingerprint density at radius 1 is 1.11 bits per heavy atom. The number of alkyl halides is 1. The van der Waals surface area contributed by atoms with Crippen LogP contribution in [-0.2, 0) is 0 Å². The third kappa shape index (κ3) is 7.70. The predicted octanol–water partition coefficient (Wildman–Crippen LogP) is 3.07. The van der Waals surface area contributed by atoms with Crippen molar-refractivity contribution in [1.29, 1.82) is 0 Å². The summed E-state index contributed by atoms with van der Waals surface area (Å²) >= 11 is 3.28. The first-order valence-electron chi connectivity index (χ1n) is 2.92. The molecule has 0 heterocycles. The second-order valence-electron chi connectivity index (χ2n) is 1.49. The fraction of sp³-hybridized carbons (Fsp3) is 0.250. The van der Waals surface area contributed by atoms with Gasteiger partial charge in [-0.25, -0.2) is 0 Å². The highest BCUT2D eigenvalue weighted by molar-refractivity contribution is 9.09. The molecule has 0 rings (SSSR count). The molecule has 0 N–H and O–H groups in total. The Morgan fingerprint density at radius 2 is 1.78 bits per heavy atom. The van der Waals surface area contributed by atoms with Crippen molar-refractivity contribution in [3.8, 4) is 0 Å². The third-order valence-electron chi connectivity index (χ3n) is 0.751. The summed E-state index contributed by atoms with van der Waals surface area (Å²) in [6.07, 6.45) is 12.0. The molecule has 0 aromatic carbocycles. The second kappa shape index (κ2) is 7.70. The van der Waals surface area contributed by atoms with Crippen LogP contribution in [0.25, 0.3) is 0 Å². The van der Waals surface area contributed by atoms with Crippen LogP contribution in [0.4, 0.5) is 0 Å². The average molecular weight is 187 g/mol. The molecule has 0 nitrogen and oxygen atoms in total. The van der Waals surface area contributed by atoms with E-state index in [-0.39, 0.29) is 0 Å². The van der Waals surface area contributed by atoms with E-state index in [0.717, 1.165) is 5.33 Å². The van der Waals surface area contributed by atoms with Gasteiger partial charge in [-0.15, -0.1) is 0 Å². The number of rotatable bonds is 3. The van der Waals surface area contributed by atoms with E-state index in [0.29, 0.717) is 0 Å². The molecule has 0 aliphatic heterocycles. The minimum atomic E-state index is 0.924. The molecule has 0 aliphatic carbocycles. The molecule has 9 heavy (non-hydrogen) atoms. The summed E-state index contributed by atoms with van der Waals surface area (Å²) in [4.78, 5) is 0. The summed E-state index contributed by atoms with van der Waals surface area (Å²) in [5.74, 6) is 0. The minimum absolute atomic E-state index is 0.924. The van der Waals surface area contributed by atoms with Gasteiger partial charge >= 0.3 is 0 Å². The summed E-state index contributed by atoms with van der Waals surface area (Å²) in [6.45, 7) is 2.00. The molecule has 0 aromatic heterocycles. The molecule has 0 saturated carbocycles. The van der Waals surface area contributed by atoms with Crippen LogP contribution in [0, 0.1) is 0 Å². The standard InChI is InChI=1S/C8H11Br/c1-2-3-4-5-6-7-8-9/h2-7H,8H2,1H3/b3-2+,5-4+,7-6+. The number of allylic oxidation sites excluding steroid dienone is 6. The molecule has 0 aromatic rings. The van der Waals surface area contributed by atoms with Crippen molar-refractivity contribution in [2.75, 3.05) is 5.33 Å². The maximum atomic E-state index is 3.28. The highest BCUT2D eigenvalue weighted by Gasteiger charge is 1.61. The van der Waals surface area contributed by atoms with Crippen LogP contribution in [0.15, 0.2) is 36.5 Å². The zero-order valence-electron chi connectivity index (χ0n) is 5.55. The van der Waals surface area contributed by atoms with Gasteiger partial charge in [-0.05, 0) is 6.92 Å². The van der Waals surface area contributed by atoms with Gasteiger partial charge in [-0.2, -0.15) is 0 Å². The summed E-state index contributed by atoms with van der Waals surface area (Å²) in [5.41, 5.74) is 0. The lowest BCUT2D eigenvalue weighted by atomic mass is 10.4. The molecule has 0 fully saturated rings. The molecular weight excluding hydrogens is 176 g/mol. The lowest BCUT2D eigenvalue weighted by molar-refractivity contribution is 1.72. The number of hydrogen-bond acceptors (Lipinski definition) is 0. The first-order valence-corrected chi connectivity index (χ1v) is 4.04. The van der Waals surface area contributed by atoms with E-state index in [4.69, 9.17) is 0 Å². The zero-order valence-corrected chi connectivity index (χ0v) is 7.14. The Kier molecular flexibility index (Phi) is 7.44. The van der Waals surface area contributed by atoms with Gasteiger partial charge in [-0.3, -0.25) is 0 Å². The van der Waals surface area contributed by atoms with Gasteiger partial charge in [0.2, 0.25) is 0 Å². The van der Waals surface area contributed by atoms with E-state index in [1.807, 2.05) is 43.4 Å². The summed E-state index contributed by atoms with van der Waals surface area (Å²) in [6, 6.07) is 0. The Balaban J connectivity index is 3.35. The van der Waals surface area contributed by atoms with Gasteiger partial charge in [0, 0.05) is 5.33 Å². The van der Waals surface area contributed by atoms with Gasteiger partial charge in [0.05, 0.1) is 0 Å². The Morgan fingerprint density at radius 3 is 2.33 bits per heavy atom. The maximum Gasteiger partial charge on any atom is 0.0215 e. The van der Waals surface area contributed by atoms with E-state index in [2.05, 4.69) is 15.9 Å². The molecule has 50 valence electrons. The van der Waals surface area contributed by atoms with E-state index >= 15 is 0 Å². The SMILES string of the molecule is C/C=C/C=C/C=C/CBr. The van der Waals surface area contributed by atoms with E-state index in [1.165, 1.54) is 0 Å². The van der Waals surface area contributed by atoms with Crippen LogP contribution in [-0.4, -0.2) is 5.33 Å². The largest absolute Gasteiger partial charge is 0.0883 e. The van der Waals surface area contributed by atoms with Gasteiger partial charge in [-0.1, -0.05) is 52.4 Å². The smallest absolute Gasteiger partial charge is 0.0215 e. The Hall–Kier alpha value is -0.300. The van der Waals surface area contributed by atoms with Crippen molar-refractivity contribution >= 4 is 15.9 Å². The van der Waals surface area contributed by atoms with Crippen molar-refractivity contribution in [2.45, 2.75) is 6.92 Å². The van der Waals surface area contributed by atoms with E-state index < -0.39 is 0 Å². The monoisotopic (exact) mass is 186 g/mol. The summed E-state index contributed by atoms with van der Waals surface area (Å²) < 4.78 is 0. The highest BCUT2D eigenvalue weighted by atomic mass is 79.9. The number of hydrogen-bond donors (Lipinski definition) is 0. The second-order valence-corrected chi connectivity index (χ2v) is 2.14. The van der Waals surface area contributed by atoms with Crippen LogP contribution in [0.1, 0.15) is 6.92 Å². The van der Waals surface area contributed by atoms with Crippen LogP contribution in [0.5, 0.6) is 0 Å². The van der Waals surface area contributed by atoms with E-state index in [9.17, 15) is 0 Å². The van der Waals surface area contributed by atoms with Crippen LogP contribution < -0.4 is 0 Å². The van der Waals surface area contributed by atoms with Gasteiger partial charge < -0.3 is 0 Å². The van der Waals surface area contributed by atoms with Gasteiger partial charge in [0.15, 0.2) is 0 Å². The van der Waals surface area contributed by atoms with Crippen molar-refractivity contribution in [3.63, 3.8) is 0 Å². The first-order chi connectivity index (χ1) is 4.41. The van der Waals surface area contributed by atoms with Crippen molar-refractivity contribution < 1.29 is 0 Å². The van der Waals surface area contributed by atoms with E-state index in [1.54, 1.807) is 0 Å². The molecule has 0 radical (unpaired) electrons. The molecular formula is C8H11Br. The minimum Gasteiger partial charge on any atom is -0.0883 e. The molecule has 0 unspecified atom stereocenters. The third-order valence-corrected chi connectivity index (χ3v) is 1.12. The van der Waals surface area contributed by atoms with Crippen LogP contribution in [0.2, 0.25) is 0 Å². The summed E-state index contributed by atoms with van der Waals surface area (Å²) in [7, 11) is 0. The molecule has 0 spiro atoms. The molecule has 0 bridgehead atoms. The predicted molar refractivity (Wildman–Crippen MR) is 46.9 cm³/mol. The normalized spacial score (nSPS) is 12.7. The molecule has 0 saturated heterocycles. The first kappa shape index (κ1) is 8.70. The number of halogens is 1. The lowest BCUT2D eigenvalue weighted by Crippen LogP contribution is -1.54. The van der Waals surface area contributed by atoms with Crippen molar-refractivity contribution in [1.82, 2.24) is 0 Å². The van der Waals surface area contributed by atoms with Crippen molar-refractivity contribution in [3.05, 3.63) is 36.5 Å². The van der Waals surface area contributed by atoms with Gasteiger partial charge in [0.25, 0.3) is 0 Å². The molecule has 1 heteroatoms. The van der Waals surface area contributed by atoms with Gasteiger partial charge in [0.1, 0.15) is 0 Å². The maximum absolute atomic E-state index is 3.28. The van der Waals surface area contributed by atoms with Crippen LogP contribution >= 0.6 is 15.9 Å².